The summed E-state index contributed by atoms with van der Waals surface area (Å²) in [5.41, 5.74) is 0.693. The van der Waals surface area contributed by atoms with Gasteiger partial charge in [0.2, 0.25) is 0 Å². The Kier molecular flexibility index (Phi) is 4.30. The molecule has 0 spiro atoms. The van der Waals surface area contributed by atoms with Crippen LogP contribution in [-0.4, -0.2) is 11.9 Å². The van der Waals surface area contributed by atoms with Crippen LogP contribution in [0.1, 0.15) is 31.2 Å². The molecule has 2 rings (SSSR count). The van der Waals surface area contributed by atoms with E-state index in [0.717, 1.165) is 25.7 Å². The van der Waals surface area contributed by atoms with Crippen molar-refractivity contribution in [1.29, 1.82) is 5.26 Å². The smallest absolute Gasteiger partial charge is 0.262 e. The van der Waals surface area contributed by atoms with E-state index in [9.17, 15) is 9.18 Å². The van der Waals surface area contributed by atoms with E-state index >= 15 is 0 Å². The SMILES string of the molecule is N#C/C(=C\c1ccc(F)cc1)C(=O)NC1CCCC1. The molecule has 0 atom stereocenters. The molecule has 0 radical (unpaired) electrons. The van der Waals surface area contributed by atoms with Crippen molar-refractivity contribution in [3.8, 4) is 6.07 Å². The van der Waals surface area contributed by atoms with Crippen LogP contribution in [0.25, 0.3) is 6.08 Å². The first-order valence-electron chi connectivity index (χ1n) is 6.37. The number of nitrogens with zero attached hydrogens (tertiary/aromatic N) is 1. The highest BCUT2D eigenvalue weighted by molar-refractivity contribution is 6.01. The zero-order valence-electron chi connectivity index (χ0n) is 10.5. The van der Waals surface area contributed by atoms with Crippen LogP contribution in [0.4, 0.5) is 4.39 Å². The van der Waals surface area contributed by atoms with Gasteiger partial charge < -0.3 is 5.32 Å². The normalized spacial score (nSPS) is 16.1. The summed E-state index contributed by atoms with van der Waals surface area (Å²) in [6, 6.07) is 7.75. The summed E-state index contributed by atoms with van der Waals surface area (Å²) < 4.78 is 12.8. The summed E-state index contributed by atoms with van der Waals surface area (Å²) in [4.78, 5) is 11.9. The summed E-state index contributed by atoms with van der Waals surface area (Å²) in [6.45, 7) is 0. The lowest BCUT2D eigenvalue weighted by molar-refractivity contribution is -0.117. The Morgan fingerprint density at radius 1 is 1.32 bits per heavy atom. The van der Waals surface area contributed by atoms with E-state index in [1.165, 1.54) is 30.3 Å². The molecule has 0 saturated heterocycles. The van der Waals surface area contributed by atoms with Gasteiger partial charge in [-0.15, -0.1) is 0 Å². The third kappa shape index (κ3) is 3.65. The second-order valence-electron chi connectivity index (χ2n) is 4.68. The Balaban J connectivity index is 2.08. The van der Waals surface area contributed by atoms with Crippen LogP contribution in [0.2, 0.25) is 0 Å². The number of hydrogen-bond acceptors (Lipinski definition) is 2. The highest BCUT2D eigenvalue weighted by Crippen LogP contribution is 2.18. The number of halogens is 1. The fraction of sp³-hybridized carbons (Fsp3) is 0.333. The van der Waals surface area contributed by atoms with E-state index < -0.39 is 0 Å². The lowest BCUT2D eigenvalue weighted by Crippen LogP contribution is -2.33. The molecular formula is C15H15FN2O. The summed E-state index contributed by atoms with van der Waals surface area (Å²) in [6.07, 6.45) is 5.66. The molecule has 1 N–H and O–H groups in total. The van der Waals surface area contributed by atoms with Gasteiger partial charge in [0, 0.05) is 6.04 Å². The van der Waals surface area contributed by atoms with Crippen LogP contribution < -0.4 is 5.32 Å². The highest BCUT2D eigenvalue weighted by Gasteiger charge is 2.19. The van der Waals surface area contributed by atoms with Gasteiger partial charge >= 0.3 is 0 Å². The standard InChI is InChI=1S/C15H15FN2O/c16-13-7-5-11(6-8-13)9-12(10-17)15(19)18-14-3-1-2-4-14/h5-9,14H,1-4H2,(H,18,19)/b12-9+. The van der Waals surface area contributed by atoms with Crippen LogP contribution in [0.15, 0.2) is 29.8 Å². The largest absolute Gasteiger partial charge is 0.349 e. The Hall–Kier alpha value is -2.15. The first kappa shape index (κ1) is 13.3. The molecule has 0 heterocycles. The molecule has 1 aromatic carbocycles. The number of carbonyl (C=O) groups excluding carboxylic acids is 1. The minimum Gasteiger partial charge on any atom is -0.349 e. The summed E-state index contributed by atoms with van der Waals surface area (Å²) in [7, 11) is 0. The molecule has 0 aromatic heterocycles. The predicted octanol–water partition coefficient (Wildman–Crippen LogP) is 2.79. The number of hydrogen-bond donors (Lipinski definition) is 1. The van der Waals surface area contributed by atoms with E-state index in [1.54, 1.807) is 0 Å². The predicted molar refractivity (Wildman–Crippen MR) is 70.4 cm³/mol. The molecule has 1 aromatic rings. The first-order valence-corrected chi connectivity index (χ1v) is 6.37. The molecule has 1 fully saturated rings. The number of carbonyl (C=O) groups is 1. The fourth-order valence-electron chi connectivity index (χ4n) is 2.21. The van der Waals surface area contributed by atoms with E-state index in [1.807, 2.05) is 6.07 Å². The van der Waals surface area contributed by atoms with Crippen molar-refractivity contribution in [2.24, 2.45) is 0 Å². The summed E-state index contributed by atoms with van der Waals surface area (Å²) >= 11 is 0. The van der Waals surface area contributed by atoms with Crippen molar-refractivity contribution in [1.82, 2.24) is 5.32 Å². The van der Waals surface area contributed by atoms with Crippen molar-refractivity contribution in [2.45, 2.75) is 31.7 Å². The molecule has 1 saturated carbocycles. The average molecular weight is 258 g/mol. The molecule has 19 heavy (non-hydrogen) atoms. The van der Waals surface area contributed by atoms with Gasteiger partial charge in [0.1, 0.15) is 17.5 Å². The monoisotopic (exact) mass is 258 g/mol. The van der Waals surface area contributed by atoms with Crippen LogP contribution in [0.3, 0.4) is 0 Å². The van der Waals surface area contributed by atoms with Crippen molar-refractivity contribution >= 4 is 12.0 Å². The minimum absolute atomic E-state index is 0.0542. The van der Waals surface area contributed by atoms with E-state index in [0.29, 0.717) is 5.56 Å². The number of benzene rings is 1. The number of nitriles is 1. The second kappa shape index (κ2) is 6.14. The van der Waals surface area contributed by atoms with Gasteiger partial charge in [-0.1, -0.05) is 25.0 Å². The minimum atomic E-state index is -0.348. The molecule has 4 heteroatoms. The zero-order valence-corrected chi connectivity index (χ0v) is 10.5. The third-order valence-electron chi connectivity index (χ3n) is 3.24. The van der Waals surface area contributed by atoms with Gasteiger partial charge in [0.25, 0.3) is 5.91 Å². The van der Waals surface area contributed by atoms with Gasteiger partial charge in [-0.3, -0.25) is 4.79 Å². The summed E-state index contributed by atoms with van der Waals surface area (Å²) in [5.74, 6) is -0.690. The first-order chi connectivity index (χ1) is 9.19. The molecule has 1 aliphatic carbocycles. The maximum absolute atomic E-state index is 12.8. The molecule has 1 amide bonds. The summed E-state index contributed by atoms with van der Waals surface area (Å²) in [5, 5.41) is 11.9. The van der Waals surface area contributed by atoms with Gasteiger partial charge in [-0.05, 0) is 36.6 Å². The van der Waals surface area contributed by atoms with Crippen molar-refractivity contribution in [3.63, 3.8) is 0 Å². The molecule has 1 aliphatic rings. The molecule has 0 aliphatic heterocycles. The topological polar surface area (TPSA) is 52.9 Å². The molecule has 98 valence electrons. The van der Waals surface area contributed by atoms with Crippen LogP contribution in [-0.2, 0) is 4.79 Å². The molecule has 3 nitrogen and oxygen atoms in total. The Morgan fingerprint density at radius 2 is 1.95 bits per heavy atom. The van der Waals surface area contributed by atoms with Gasteiger partial charge in [0.05, 0.1) is 0 Å². The number of nitrogens with one attached hydrogen (secondary N) is 1. The molecular weight excluding hydrogens is 243 g/mol. The number of amides is 1. The fourth-order valence-corrected chi connectivity index (χ4v) is 2.21. The number of rotatable bonds is 3. The Morgan fingerprint density at radius 3 is 2.53 bits per heavy atom. The van der Waals surface area contributed by atoms with Gasteiger partial charge in [0.15, 0.2) is 0 Å². The quantitative estimate of drug-likeness (QED) is 0.669. The molecule has 0 bridgehead atoms. The molecule has 0 unspecified atom stereocenters. The second-order valence-corrected chi connectivity index (χ2v) is 4.68. The van der Waals surface area contributed by atoms with Crippen LogP contribution in [0, 0.1) is 17.1 Å². The Labute approximate surface area is 111 Å². The lowest BCUT2D eigenvalue weighted by atomic mass is 10.1. The lowest BCUT2D eigenvalue weighted by Gasteiger charge is -2.10. The maximum Gasteiger partial charge on any atom is 0.262 e. The Bertz CT molecular complexity index is 522. The third-order valence-corrected chi connectivity index (χ3v) is 3.24. The average Bonchev–Trinajstić information content (AvgIpc) is 2.90. The zero-order chi connectivity index (χ0) is 13.7. The highest BCUT2D eigenvalue weighted by atomic mass is 19.1. The van der Waals surface area contributed by atoms with Crippen LogP contribution >= 0.6 is 0 Å². The van der Waals surface area contributed by atoms with Crippen LogP contribution in [0.5, 0.6) is 0 Å². The van der Waals surface area contributed by atoms with E-state index in [2.05, 4.69) is 5.32 Å². The maximum atomic E-state index is 12.8. The van der Waals surface area contributed by atoms with Gasteiger partial charge in [-0.2, -0.15) is 5.26 Å². The van der Waals surface area contributed by atoms with E-state index in [-0.39, 0.29) is 23.3 Å². The van der Waals surface area contributed by atoms with Crippen molar-refractivity contribution in [2.75, 3.05) is 0 Å². The van der Waals surface area contributed by atoms with Crippen molar-refractivity contribution < 1.29 is 9.18 Å². The van der Waals surface area contributed by atoms with Gasteiger partial charge in [-0.25, -0.2) is 4.39 Å². The van der Waals surface area contributed by atoms with Crippen molar-refractivity contribution in [3.05, 3.63) is 41.2 Å². The van der Waals surface area contributed by atoms with E-state index in [4.69, 9.17) is 5.26 Å².